The van der Waals surface area contributed by atoms with Crippen LogP contribution in [0.1, 0.15) is 32.6 Å². The maximum Gasteiger partial charge on any atom is 0.228 e. The van der Waals surface area contributed by atoms with E-state index in [0.29, 0.717) is 17.9 Å². The zero-order valence-corrected chi connectivity index (χ0v) is 18.9. The molecule has 7 heteroatoms. The Morgan fingerprint density at radius 2 is 1.94 bits per heavy atom. The van der Waals surface area contributed by atoms with Gasteiger partial charge in [0.1, 0.15) is 5.82 Å². The van der Waals surface area contributed by atoms with Crippen LogP contribution in [0.3, 0.4) is 0 Å². The molecule has 2 atom stereocenters. The van der Waals surface area contributed by atoms with E-state index in [1.165, 1.54) is 12.8 Å². The van der Waals surface area contributed by atoms with E-state index in [2.05, 4.69) is 50.7 Å². The molecular weight excluding hydrogens is 400 g/mol. The van der Waals surface area contributed by atoms with Gasteiger partial charge in [0.25, 0.3) is 0 Å². The molecule has 1 amide bonds. The number of aryl methyl sites for hydroxylation is 1. The molecule has 2 N–H and O–H groups in total. The third kappa shape index (κ3) is 4.40. The normalized spacial score (nSPS) is 22.8. The maximum absolute atomic E-state index is 13.0. The van der Waals surface area contributed by atoms with E-state index in [4.69, 9.17) is 0 Å². The maximum atomic E-state index is 13.0. The van der Waals surface area contributed by atoms with Crippen molar-refractivity contribution in [1.29, 1.82) is 0 Å². The first-order chi connectivity index (χ1) is 15.6. The number of aromatic nitrogens is 3. The van der Waals surface area contributed by atoms with Gasteiger partial charge < -0.3 is 10.6 Å². The third-order valence-electron chi connectivity index (χ3n) is 7.09. The fourth-order valence-corrected chi connectivity index (χ4v) is 5.30. The molecule has 2 unspecified atom stereocenters. The number of rotatable bonds is 4. The molecule has 2 aliphatic rings. The summed E-state index contributed by atoms with van der Waals surface area (Å²) < 4.78 is 1.80. The average Bonchev–Trinajstić information content (AvgIpc) is 3.25. The van der Waals surface area contributed by atoms with Gasteiger partial charge in [-0.2, -0.15) is 5.10 Å². The first-order valence-corrected chi connectivity index (χ1v) is 11.7. The molecule has 0 spiro atoms. The zero-order valence-electron chi connectivity index (χ0n) is 18.9. The molecular formula is C25H32N6O. The van der Waals surface area contributed by atoms with E-state index in [9.17, 15) is 4.79 Å². The largest absolute Gasteiger partial charge is 0.317 e. The van der Waals surface area contributed by atoms with Crippen LogP contribution in [-0.4, -0.2) is 57.3 Å². The molecule has 168 valence electrons. The number of nitrogens with zero attached hydrogens (tertiary/aromatic N) is 4. The average molecular weight is 433 g/mol. The van der Waals surface area contributed by atoms with Crippen LogP contribution in [0.4, 0.5) is 5.82 Å². The second-order valence-electron chi connectivity index (χ2n) is 9.31. The number of benzene rings is 1. The molecule has 2 aliphatic heterocycles. The monoisotopic (exact) mass is 432 g/mol. The number of anilines is 1. The predicted molar refractivity (Wildman–Crippen MR) is 127 cm³/mol. The summed E-state index contributed by atoms with van der Waals surface area (Å²) in [5, 5.41) is 12.9. The van der Waals surface area contributed by atoms with Crippen molar-refractivity contribution in [1.82, 2.24) is 25.0 Å². The molecule has 5 rings (SSSR count). The topological polar surface area (TPSA) is 75.1 Å². The number of likely N-dealkylation sites (tertiary alicyclic amines) is 1. The summed E-state index contributed by atoms with van der Waals surface area (Å²) in [7, 11) is 1.92. The van der Waals surface area contributed by atoms with Gasteiger partial charge in [-0.3, -0.25) is 14.4 Å². The van der Waals surface area contributed by atoms with Gasteiger partial charge in [-0.25, -0.2) is 4.98 Å². The van der Waals surface area contributed by atoms with Crippen LogP contribution in [0, 0.1) is 5.92 Å². The third-order valence-corrected chi connectivity index (χ3v) is 7.09. The molecule has 1 aromatic carbocycles. The highest BCUT2D eigenvalue weighted by Gasteiger charge is 2.34. The van der Waals surface area contributed by atoms with E-state index in [-0.39, 0.29) is 11.8 Å². The Morgan fingerprint density at radius 3 is 2.69 bits per heavy atom. The summed E-state index contributed by atoms with van der Waals surface area (Å²) in [6.45, 7) is 5.49. The van der Waals surface area contributed by atoms with E-state index in [1.54, 1.807) is 4.68 Å². The minimum absolute atomic E-state index is 0.0437. The molecule has 2 aromatic heterocycles. The lowest BCUT2D eigenvalue weighted by molar-refractivity contribution is -0.122. The summed E-state index contributed by atoms with van der Waals surface area (Å²) in [5.41, 5.74) is 2.18. The van der Waals surface area contributed by atoms with E-state index in [1.807, 2.05) is 31.7 Å². The van der Waals surface area contributed by atoms with Crippen LogP contribution >= 0.6 is 0 Å². The number of hydrogen-bond donors (Lipinski definition) is 2. The summed E-state index contributed by atoms with van der Waals surface area (Å²) in [5.74, 6) is 0.763. The van der Waals surface area contributed by atoms with Crippen molar-refractivity contribution in [3.8, 4) is 11.1 Å². The minimum Gasteiger partial charge on any atom is -0.317 e. The molecule has 0 radical (unpaired) electrons. The van der Waals surface area contributed by atoms with Gasteiger partial charge in [-0.15, -0.1) is 0 Å². The van der Waals surface area contributed by atoms with Crippen molar-refractivity contribution in [2.75, 3.05) is 25.0 Å². The quantitative estimate of drug-likeness (QED) is 0.661. The van der Waals surface area contributed by atoms with Gasteiger partial charge in [-0.05, 0) is 75.3 Å². The number of carbonyl (C=O) groups excluding carboxylic acids is 1. The minimum atomic E-state index is 0.0437. The summed E-state index contributed by atoms with van der Waals surface area (Å²) in [6, 6.07) is 9.34. The number of carbonyl (C=O) groups is 1. The number of fused-ring (bicyclic) bond motifs is 1. The highest BCUT2D eigenvalue weighted by molar-refractivity contribution is 5.95. The van der Waals surface area contributed by atoms with Gasteiger partial charge in [0, 0.05) is 48.4 Å². The Hall–Kier alpha value is -2.77. The Morgan fingerprint density at radius 1 is 1.09 bits per heavy atom. The van der Waals surface area contributed by atoms with Gasteiger partial charge in [0.05, 0.1) is 6.20 Å². The predicted octanol–water partition coefficient (Wildman–Crippen LogP) is 3.43. The molecule has 0 saturated carbocycles. The molecule has 0 bridgehead atoms. The number of nitrogens with one attached hydrogen (secondary N) is 2. The highest BCUT2D eigenvalue weighted by atomic mass is 16.1. The number of hydrogen-bond acceptors (Lipinski definition) is 5. The van der Waals surface area contributed by atoms with Crippen LogP contribution in [0.25, 0.3) is 21.9 Å². The van der Waals surface area contributed by atoms with Gasteiger partial charge >= 0.3 is 0 Å². The molecule has 0 aliphatic carbocycles. The number of amides is 1. The zero-order chi connectivity index (χ0) is 22.1. The Balaban J connectivity index is 1.26. The lowest BCUT2D eigenvalue weighted by atomic mass is 9.88. The molecule has 7 nitrogen and oxygen atoms in total. The summed E-state index contributed by atoms with van der Waals surface area (Å²) >= 11 is 0. The summed E-state index contributed by atoms with van der Waals surface area (Å²) in [4.78, 5) is 20.1. The molecule has 3 aromatic rings. The van der Waals surface area contributed by atoms with Crippen LogP contribution in [-0.2, 0) is 11.8 Å². The molecule has 2 fully saturated rings. The van der Waals surface area contributed by atoms with E-state index in [0.717, 1.165) is 54.4 Å². The smallest absolute Gasteiger partial charge is 0.228 e. The Bertz CT molecular complexity index is 1100. The van der Waals surface area contributed by atoms with Crippen LogP contribution in [0.2, 0.25) is 0 Å². The Labute approximate surface area is 189 Å². The second kappa shape index (κ2) is 9.00. The van der Waals surface area contributed by atoms with Crippen molar-refractivity contribution < 1.29 is 4.79 Å². The van der Waals surface area contributed by atoms with Crippen molar-refractivity contribution in [3.63, 3.8) is 0 Å². The van der Waals surface area contributed by atoms with Crippen molar-refractivity contribution in [2.45, 2.75) is 44.7 Å². The Kier molecular flexibility index (Phi) is 5.93. The van der Waals surface area contributed by atoms with Gasteiger partial charge in [0.2, 0.25) is 5.91 Å². The lowest BCUT2D eigenvalue weighted by Crippen LogP contribution is -2.51. The van der Waals surface area contributed by atoms with Crippen molar-refractivity contribution in [3.05, 3.63) is 42.9 Å². The second-order valence-corrected chi connectivity index (χ2v) is 9.31. The standard InChI is InChI=1S/C25H32N6O/c1-17-11-19(7-10-31(17)23-5-8-26-9-6-23)25(32)29-24-13-21-12-18(3-4-20(21)14-27-24)22-15-28-30(2)16-22/h3-4,12-17,19,23,26H,5-11H2,1-2H3,(H,27,29,32). The molecule has 4 heterocycles. The lowest BCUT2D eigenvalue weighted by Gasteiger charge is -2.43. The van der Waals surface area contributed by atoms with Crippen LogP contribution in [0.15, 0.2) is 42.9 Å². The van der Waals surface area contributed by atoms with Crippen molar-refractivity contribution in [2.24, 2.45) is 13.0 Å². The molecule has 2 saturated heterocycles. The van der Waals surface area contributed by atoms with Crippen LogP contribution < -0.4 is 10.6 Å². The fourth-order valence-electron chi connectivity index (χ4n) is 5.30. The van der Waals surface area contributed by atoms with Crippen molar-refractivity contribution >= 4 is 22.5 Å². The van der Waals surface area contributed by atoms with Crippen LogP contribution in [0.5, 0.6) is 0 Å². The SMILES string of the molecule is CC1CC(C(=O)Nc2cc3cc(-c4cnn(C)c4)ccc3cn2)CCN1C1CCNCC1. The first-order valence-electron chi connectivity index (χ1n) is 11.7. The van der Waals surface area contributed by atoms with Gasteiger partial charge in [-0.1, -0.05) is 12.1 Å². The molecule has 32 heavy (non-hydrogen) atoms. The number of pyridine rings is 1. The number of piperidine rings is 2. The summed E-state index contributed by atoms with van der Waals surface area (Å²) in [6.07, 6.45) is 9.95. The van der Waals surface area contributed by atoms with E-state index >= 15 is 0 Å². The highest BCUT2D eigenvalue weighted by Crippen LogP contribution is 2.29. The first kappa shape index (κ1) is 21.1. The fraction of sp³-hybridized carbons (Fsp3) is 0.480. The van der Waals surface area contributed by atoms with E-state index < -0.39 is 0 Å². The van der Waals surface area contributed by atoms with Gasteiger partial charge in [0.15, 0.2) is 0 Å².